The second-order valence-electron chi connectivity index (χ2n) is 4.97. The third kappa shape index (κ3) is 4.41. The molecule has 2 aromatic carbocycles. The van der Waals surface area contributed by atoms with Crippen LogP contribution in [0.4, 0.5) is 5.69 Å². The van der Waals surface area contributed by atoms with Crippen LogP contribution in [-0.4, -0.2) is 15.2 Å². The van der Waals surface area contributed by atoms with Gasteiger partial charge in [0.25, 0.3) is 4.84 Å². The topological polar surface area (TPSA) is 65.9 Å². The largest absolute Gasteiger partial charge is 0.409 e. The number of aromatic amines is 1. The number of benzene rings is 2. The molecule has 1 aromatic heterocycles. The van der Waals surface area contributed by atoms with Gasteiger partial charge in [-0.2, -0.15) is 0 Å². The molecule has 0 radical (unpaired) electrons. The van der Waals surface area contributed by atoms with E-state index >= 15 is 0 Å². The lowest BCUT2D eigenvalue weighted by molar-refractivity contribution is 0.552. The number of H-pyrrole nitrogens is 1. The Morgan fingerprint density at radius 2 is 1.83 bits per heavy atom. The Kier molecular flexibility index (Phi) is 5.24. The van der Waals surface area contributed by atoms with Gasteiger partial charge in [0.05, 0.1) is 10.7 Å². The minimum absolute atomic E-state index is 0.257. The van der Waals surface area contributed by atoms with Crippen LogP contribution < -0.4 is 10.9 Å². The van der Waals surface area contributed by atoms with Gasteiger partial charge in [0, 0.05) is 17.0 Å². The molecule has 8 heteroatoms. The fourth-order valence-corrected chi connectivity index (χ4v) is 2.49. The summed E-state index contributed by atoms with van der Waals surface area (Å²) in [6.45, 7) is 0. The molecule has 3 N–H and O–H groups in total. The second-order valence-corrected chi connectivity index (χ2v) is 6.27. The molecule has 0 amide bonds. The lowest BCUT2D eigenvalue weighted by Crippen LogP contribution is -2.29. The summed E-state index contributed by atoms with van der Waals surface area (Å²) >= 11 is 16.1. The Morgan fingerprint density at radius 1 is 1.12 bits per heavy atom. The maximum absolute atomic E-state index is 5.85. The van der Waals surface area contributed by atoms with Crippen molar-refractivity contribution in [2.75, 3.05) is 5.43 Å². The normalized spacial score (nSPS) is 10.4. The molecule has 24 heavy (non-hydrogen) atoms. The zero-order chi connectivity index (χ0) is 16.9. The molecule has 3 rings (SSSR count). The summed E-state index contributed by atoms with van der Waals surface area (Å²) in [5.41, 5.74) is 8.86. The van der Waals surface area contributed by atoms with Gasteiger partial charge in [-0.15, -0.1) is 5.10 Å². The number of rotatable bonds is 5. The van der Waals surface area contributed by atoms with Gasteiger partial charge in [0.15, 0.2) is 0 Å². The molecule has 1 heterocycles. The summed E-state index contributed by atoms with van der Waals surface area (Å²) < 4.78 is 5.28. The summed E-state index contributed by atoms with van der Waals surface area (Å²) in [7, 11) is 0. The first-order valence-corrected chi connectivity index (χ1v) is 8.25. The van der Waals surface area contributed by atoms with Crippen LogP contribution in [0.1, 0.15) is 5.56 Å². The Labute approximate surface area is 154 Å². The maximum Gasteiger partial charge on any atom is 0.284 e. The van der Waals surface area contributed by atoms with Gasteiger partial charge in [0.2, 0.25) is 5.89 Å². The van der Waals surface area contributed by atoms with Crippen molar-refractivity contribution in [3.05, 3.63) is 64.0 Å². The number of hydrazine groups is 1. The molecule has 0 bridgehead atoms. The lowest BCUT2D eigenvalue weighted by atomic mass is 10.1. The number of nitrogens with one attached hydrogen (secondary N) is 3. The Morgan fingerprint density at radius 3 is 2.46 bits per heavy atom. The zero-order valence-corrected chi connectivity index (χ0v) is 14.8. The van der Waals surface area contributed by atoms with E-state index in [1.807, 2.05) is 48.5 Å². The highest BCUT2D eigenvalue weighted by Gasteiger charge is 2.05. The van der Waals surface area contributed by atoms with E-state index in [2.05, 4.69) is 21.0 Å². The minimum atomic E-state index is 0.257. The Balaban J connectivity index is 1.56. The minimum Gasteiger partial charge on any atom is -0.409 e. The maximum atomic E-state index is 5.85. The summed E-state index contributed by atoms with van der Waals surface area (Å²) in [5, 5.41) is 7.28. The van der Waals surface area contributed by atoms with Crippen LogP contribution in [0.25, 0.3) is 11.5 Å². The van der Waals surface area contributed by atoms with Crippen molar-refractivity contribution in [2.24, 2.45) is 0 Å². The number of hydrogen-bond donors (Lipinski definition) is 3. The van der Waals surface area contributed by atoms with Gasteiger partial charge in [-0.1, -0.05) is 36.0 Å². The zero-order valence-electron chi connectivity index (χ0n) is 12.4. The first-order chi connectivity index (χ1) is 11.6. The number of hydrogen-bond acceptors (Lipinski definition) is 5. The summed E-state index contributed by atoms with van der Waals surface area (Å²) in [6, 6.07) is 15.1. The van der Waals surface area contributed by atoms with Crippen LogP contribution >= 0.6 is 36.0 Å². The van der Waals surface area contributed by atoms with E-state index in [-0.39, 0.29) is 4.84 Å². The first-order valence-electron chi connectivity index (χ1n) is 7.05. The van der Waals surface area contributed by atoms with Crippen molar-refractivity contribution >= 4 is 46.7 Å². The van der Waals surface area contributed by atoms with E-state index in [4.69, 9.17) is 40.5 Å². The van der Waals surface area contributed by atoms with Crippen LogP contribution in [0.3, 0.4) is 0 Å². The van der Waals surface area contributed by atoms with Crippen molar-refractivity contribution in [3.63, 3.8) is 0 Å². The molecule has 0 aliphatic carbocycles. The average molecular weight is 377 g/mol. The second kappa shape index (κ2) is 7.57. The molecule has 0 aliphatic rings. The monoisotopic (exact) mass is 376 g/mol. The third-order valence-electron chi connectivity index (χ3n) is 3.19. The molecular weight excluding hydrogens is 364 g/mol. The van der Waals surface area contributed by atoms with Gasteiger partial charge < -0.3 is 9.84 Å². The number of anilines is 1. The fourth-order valence-electron chi connectivity index (χ4n) is 2.02. The standard InChI is InChI=1S/C16H13ClN4OS2/c17-12-5-7-13(8-6-12)18-19-14(23)9-10-1-3-11(4-2-10)15-20-21-16(24)22-15/h1-8,18H,9H2,(H,19,23)(H,21,24). The van der Waals surface area contributed by atoms with E-state index in [9.17, 15) is 0 Å². The lowest BCUT2D eigenvalue weighted by Gasteiger charge is -2.11. The predicted molar refractivity (Wildman–Crippen MR) is 102 cm³/mol. The van der Waals surface area contributed by atoms with E-state index in [1.54, 1.807) is 0 Å². The van der Waals surface area contributed by atoms with Crippen LogP contribution in [-0.2, 0) is 6.42 Å². The smallest absolute Gasteiger partial charge is 0.284 e. The SMILES string of the molecule is S=C(Cc1ccc(-c2n[nH]c(=S)o2)cc1)NNc1ccc(Cl)cc1. The molecule has 0 atom stereocenters. The molecule has 0 aliphatic heterocycles. The highest BCUT2D eigenvalue weighted by atomic mass is 35.5. The highest BCUT2D eigenvalue weighted by Crippen LogP contribution is 2.17. The Hall–Kier alpha value is -2.22. The van der Waals surface area contributed by atoms with Gasteiger partial charge in [-0.05, 0) is 54.2 Å². The summed E-state index contributed by atoms with van der Waals surface area (Å²) in [5.74, 6) is 0.469. The third-order valence-corrected chi connectivity index (χ3v) is 3.87. The number of halogens is 1. The number of thiocarbonyl (C=S) groups is 1. The molecular formula is C16H13ClN4OS2. The van der Waals surface area contributed by atoms with Gasteiger partial charge >= 0.3 is 0 Å². The molecule has 122 valence electrons. The van der Waals surface area contributed by atoms with Crippen LogP contribution in [0.2, 0.25) is 5.02 Å². The van der Waals surface area contributed by atoms with Crippen molar-refractivity contribution in [1.29, 1.82) is 0 Å². The van der Waals surface area contributed by atoms with Crippen LogP contribution in [0.5, 0.6) is 0 Å². The van der Waals surface area contributed by atoms with Gasteiger partial charge in [-0.25, -0.2) is 5.10 Å². The van der Waals surface area contributed by atoms with Crippen LogP contribution in [0.15, 0.2) is 52.9 Å². The van der Waals surface area contributed by atoms with E-state index in [0.29, 0.717) is 22.3 Å². The van der Waals surface area contributed by atoms with Gasteiger partial charge in [0.1, 0.15) is 0 Å². The predicted octanol–water partition coefficient (Wildman–Crippen LogP) is 4.54. The quantitative estimate of drug-likeness (QED) is 0.449. The van der Waals surface area contributed by atoms with Crippen molar-refractivity contribution in [3.8, 4) is 11.5 Å². The number of aromatic nitrogens is 2. The highest BCUT2D eigenvalue weighted by molar-refractivity contribution is 7.80. The van der Waals surface area contributed by atoms with E-state index < -0.39 is 0 Å². The molecule has 0 unspecified atom stereocenters. The van der Waals surface area contributed by atoms with E-state index in [0.717, 1.165) is 16.8 Å². The first kappa shape index (κ1) is 16.6. The molecule has 0 saturated carbocycles. The Bertz CT molecular complexity index is 887. The van der Waals surface area contributed by atoms with Crippen LogP contribution in [0, 0.1) is 4.84 Å². The van der Waals surface area contributed by atoms with Crippen molar-refractivity contribution < 1.29 is 4.42 Å². The molecule has 0 spiro atoms. The van der Waals surface area contributed by atoms with Crippen molar-refractivity contribution in [2.45, 2.75) is 6.42 Å². The van der Waals surface area contributed by atoms with E-state index in [1.165, 1.54) is 0 Å². The average Bonchev–Trinajstić information content (AvgIpc) is 3.01. The molecule has 0 fully saturated rings. The molecule has 0 saturated heterocycles. The summed E-state index contributed by atoms with van der Waals surface area (Å²) in [4.78, 5) is 0.933. The molecule has 5 nitrogen and oxygen atoms in total. The fraction of sp³-hybridized carbons (Fsp3) is 0.0625. The molecule has 3 aromatic rings. The summed E-state index contributed by atoms with van der Waals surface area (Å²) in [6.07, 6.45) is 0.611. The van der Waals surface area contributed by atoms with Gasteiger partial charge in [-0.3, -0.25) is 5.43 Å². The number of nitrogens with zero attached hydrogens (tertiary/aromatic N) is 1. The van der Waals surface area contributed by atoms with Crippen molar-refractivity contribution in [1.82, 2.24) is 15.6 Å².